The van der Waals surface area contributed by atoms with Crippen LogP contribution in [0.1, 0.15) is 6.92 Å². The molecular formula is C13H12ClFN4S. The summed E-state index contributed by atoms with van der Waals surface area (Å²) in [5, 5.41) is 7.82. The van der Waals surface area contributed by atoms with Crippen molar-refractivity contribution in [1.82, 2.24) is 15.2 Å². The summed E-state index contributed by atoms with van der Waals surface area (Å²) in [4.78, 5) is 6.66. The molecule has 0 aliphatic rings. The van der Waals surface area contributed by atoms with E-state index >= 15 is 0 Å². The predicted octanol–water partition coefficient (Wildman–Crippen LogP) is 3.94. The van der Waals surface area contributed by atoms with Crippen molar-refractivity contribution < 1.29 is 4.39 Å². The first-order valence-electron chi connectivity index (χ1n) is 6.09. The number of nitrogens with zero attached hydrogens (tertiary/aromatic N) is 3. The summed E-state index contributed by atoms with van der Waals surface area (Å²) in [7, 11) is 1.82. The summed E-state index contributed by atoms with van der Waals surface area (Å²) in [6.07, 6.45) is 3.35. The SMILES string of the molecule is CCN(C)c1c(F)c(Cl)c(-c2cncs2)c2cn[nH]c12. The molecule has 0 bridgehead atoms. The molecule has 20 heavy (non-hydrogen) atoms. The minimum absolute atomic E-state index is 0.110. The molecule has 7 heteroatoms. The second-order valence-corrected chi connectivity index (χ2v) is 5.65. The summed E-state index contributed by atoms with van der Waals surface area (Å²) >= 11 is 7.68. The van der Waals surface area contributed by atoms with Crippen LogP contribution in [0.4, 0.5) is 10.1 Å². The van der Waals surface area contributed by atoms with Gasteiger partial charge in [-0.2, -0.15) is 5.10 Å². The Morgan fingerprint density at radius 2 is 2.25 bits per heavy atom. The Labute approximate surface area is 124 Å². The third-order valence-corrected chi connectivity index (χ3v) is 4.45. The maximum atomic E-state index is 14.7. The Bertz CT molecular complexity index is 753. The Balaban J connectivity index is 2.40. The molecule has 0 saturated carbocycles. The molecule has 1 N–H and O–H groups in total. The molecule has 4 nitrogen and oxygen atoms in total. The van der Waals surface area contributed by atoms with E-state index in [2.05, 4.69) is 15.2 Å². The van der Waals surface area contributed by atoms with Crippen LogP contribution in [-0.2, 0) is 0 Å². The zero-order valence-corrected chi connectivity index (χ0v) is 12.5. The number of benzene rings is 1. The lowest BCUT2D eigenvalue weighted by molar-refractivity contribution is 0.626. The normalized spacial score (nSPS) is 11.2. The van der Waals surface area contributed by atoms with Gasteiger partial charge in [0.2, 0.25) is 0 Å². The summed E-state index contributed by atoms with van der Waals surface area (Å²) in [5.74, 6) is -0.434. The molecule has 0 radical (unpaired) electrons. The van der Waals surface area contributed by atoms with Crippen molar-refractivity contribution >= 4 is 39.5 Å². The van der Waals surface area contributed by atoms with E-state index in [-0.39, 0.29) is 5.02 Å². The number of thiazole rings is 1. The number of nitrogens with one attached hydrogen (secondary N) is 1. The lowest BCUT2D eigenvalue weighted by Gasteiger charge is -2.20. The van der Waals surface area contributed by atoms with Gasteiger partial charge in [0.25, 0.3) is 0 Å². The minimum atomic E-state index is -0.434. The predicted molar refractivity (Wildman–Crippen MR) is 81.1 cm³/mol. The molecule has 0 aliphatic carbocycles. The van der Waals surface area contributed by atoms with E-state index in [1.807, 2.05) is 14.0 Å². The lowest BCUT2D eigenvalue weighted by Crippen LogP contribution is -2.18. The molecule has 104 valence electrons. The smallest absolute Gasteiger partial charge is 0.167 e. The fraction of sp³-hybridized carbons (Fsp3) is 0.231. The van der Waals surface area contributed by atoms with Crippen LogP contribution in [0.25, 0.3) is 21.3 Å². The number of halogens is 2. The van der Waals surface area contributed by atoms with Crippen molar-refractivity contribution in [3.63, 3.8) is 0 Å². The molecule has 3 rings (SSSR count). The first-order valence-corrected chi connectivity index (χ1v) is 7.35. The Morgan fingerprint density at radius 1 is 1.45 bits per heavy atom. The maximum Gasteiger partial charge on any atom is 0.167 e. The molecule has 0 spiro atoms. The Hall–Kier alpha value is -1.66. The first-order chi connectivity index (χ1) is 9.65. The fourth-order valence-corrected chi connectivity index (χ4v) is 3.23. The van der Waals surface area contributed by atoms with E-state index in [9.17, 15) is 4.39 Å². The molecule has 2 heterocycles. The van der Waals surface area contributed by atoms with E-state index in [0.717, 1.165) is 10.3 Å². The lowest BCUT2D eigenvalue weighted by atomic mass is 10.1. The van der Waals surface area contributed by atoms with Crippen LogP contribution >= 0.6 is 22.9 Å². The van der Waals surface area contributed by atoms with Gasteiger partial charge in [0, 0.05) is 30.7 Å². The van der Waals surface area contributed by atoms with Crippen LogP contribution in [0.3, 0.4) is 0 Å². The van der Waals surface area contributed by atoms with E-state index in [4.69, 9.17) is 11.6 Å². The number of aromatic amines is 1. The van der Waals surface area contributed by atoms with Gasteiger partial charge in [0.05, 0.1) is 27.1 Å². The van der Waals surface area contributed by atoms with Crippen LogP contribution in [0.2, 0.25) is 5.02 Å². The Kier molecular flexibility index (Phi) is 3.35. The number of rotatable bonds is 3. The number of H-pyrrole nitrogens is 1. The number of fused-ring (bicyclic) bond motifs is 1. The minimum Gasteiger partial charge on any atom is -0.371 e. The van der Waals surface area contributed by atoms with Crippen molar-refractivity contribution in [3.05, 3.63) is 28.7 Å². The van der Waals surface area contributed by atoms with Crippen molar-refractivity contribution in [1.29, 1.82) is 0 Å². The van der Waals surface area contributed by atoms with Crippen molar-refractivity contribution in [3.8, 4) is 10.4 Å². The van der Waals surface area contributed by atoms with Gasteiger partial charge in [-0.15, -0.1) is 11.3 Å². The maximum absolute atomic E-state index is 14.7. The number of hydrogen-bond donors (Lipinski definition) is 1. The monoisotopic (exact) mass is 310 g/mol. The molecule has 2 aromatic heterocycles. The molecular weight excluding hydrogens is 299 g/mol. The molecule has 0 amide bonds. The molecule has 1 aromatic carbocycles. The van der Waals surface area contributed by atoms with Crippen molar-refractivity contribution in [2.24, 2.45) is 0 Å². The van der Waals surface area contributed by atoms with Gasteiger partial charge in [0.15, 0.2) is 5.82 Å². The van der Waals surface area contributed by atoms with Crippen LogP contribution in [0, 0.1) is 5.82 Å². The van der Waals surface area contributed by atoms with Gasteiger partial charge in [-0.1, -0.05) is 11.6 Å². The average Bonchev–Trinajstić information content (AvgIpc) is 3.11. The van der Waals surface area contributed by atoms with E-state index in [1.165, 1.54) is 11.3 Å². The second kappa shape index (κ2) is 5.03. The summed E-state index contributed by atoms with van der Waals surface area (Å²) in [6.45, 7) is 2.62. The van der Waals surface area contributed by atoms with Gasteiger partial charge >= 0.3 is 0 Å². The standard InChI is InChI=1S/C13H12ClFN4S/c1-3-19(2)13-11(15)10(14)9(8-5-16-6-20-8)7-4-17-18-12(7)13/h4-6H,3H2,1-2H3,(H,17,18). The van der Waals surface area contributed by atoms with Gasteiger partial charge in [-0.25, -0.2) is 4.39 Å². The Morgan fingerprint density at radius 3 is 2.90 bits per heavy atom. The van der Waals surface area contributed by atoms with Crippen LogP contribution in [0.5, 0.6) is 0 Å². The van der Waals surface area contributed by atoms with E-state index in [0.29, 0.717) is 23.3 Å². The van der Waals surface area contributed by atoms with Crippen LogP contribution in [0.15, 0.2) is 17.9 Å². The fourth-order valence-electron chi connectivity index (χ4n) is 2.19. The van der Waals surface area contributed by atoms with Gasteiger partial charge in [-0.05, 0) is 6.92 Å². The number of hydrogen-bond acceptors (Lipinski definition) is 4. The third-order valence-electron chi connectivity index (χ3n) is 3.30. The molecule has 0 aliphatic heterocycles. The van der Waals surface area contributed by atoms with Gasteiger partial charge in [-0.3, -0.25) is 10.1 Å². The molecule has 0 saturated heterocycles. The molecule has 3 aromatic rings. The summed E-state index contributed by atoms with van der Waals surface area (Å²) in [5.41, 5.74) is 3.43. The highest BCUT2D eigenvalue weighted by molar-refractivity contribution is 7.13. The van der Waals surface area contributed by atoms with Crippen LogP contribution < -0.4 is 4.90 Å². The van der Waals surface area contributed by atoms with Crippen molar-refractivity contribution in [2.45, 2.75) is 6.92 Å². The van der Waals surface area contributed by atoms with Crippen molar-refractivity contribution in [2.75, 3.05) is 18.5 Å². The molecule has 0 atom stereocenters. The highest BCUT2D eigenvalue weighted by atomic mass is 35.5. The third kappa shape index (κ3) is 1.87. The van der Waals surface area contributed by atoms with Gasteiger partial charge in [0.1, 0.15) is 5.69 Å². The second-order valence-electron chi connectivity index (χ2n) is 4.39. The first kappa shape index (κ1) is 13.3. The summed E-state index contributed by atoms with van der Waals surface area (Å²) < 4.78 is 14.7. The van der Waals surface area contributed by atoms with Crippen LogP contribution in [-0.4, -0.2) is 28.8 Å². The van der Waals surface area contributed by atoms with Gasteiger partial charge < -0.3 is 4.90 Å². The molecule has 0 unspecified atom stereocenters. The number of anilines is 1. The molecule has 0 fully saturated rings. The quantitative estimate of drug-likeness (QED) is 0.797. The largest absolute Gasteiger partial charge is 0.371 e. The highest BCUT2D eigenvalue weighted by Crippen LogP contribution is 2.43. The van der Waals surface area contributed by atoms with E-state index < -0.39 is 5.82 Å². The number of aromatic nitrogens is 3. The highest BCUT2D eigenvalue weighted by Gasteiger charge is 2.23. The summed E-state index contributed by atoms with van der Waals surface area (Å²) in [6, 6.07) is 0. The zero-order valence-electron chi connectivity index (χ0n) is 10.9. The average molecular weight is 311 g/mol. The van der Waals surface area contributed by atoms with E-state index in [1.54, 1.807) is 22.8 Å². The zero-order chi connectivity index (χ0) is 14.3. The topological polar surface area (TPSA) is 44.8 Å².